The number of fused-ring (bicyclic) bond motifs is 1. The maximum absolute atomic E-state index is 12.5. The molecule has 0 saturated heterocycles. The molecule has 3 N–H and O–H groups in total. The molecule has 0 fully saturated rings. The first-order valence-corrected chi connectivity index (χ1v) is 6.94. The predicted molar refractivity (Wildman–Crippen MR) is 87.8 cm³/mol. The molecule has 5 heteroatoms. The van der Waals surface area contributed by atoms with Gasteiger partial charge in [0.2, 0.25) is 0 Å². The SMILES string of the molecule is Cc1ccc(NC(=O)c2cc3cccnc3nc2N)c(C)c1. The van der Waals surface area contributed by atoms with E-state index in [1.54, 1.807) is 18.3 Å². The average Bonchev–Trinajstić information content (AvgIpc) is 2.49. The van der Waals surface area contributed by atoms with Crippen LogP contribution in [-0.2, 0) is 0 Å². The minimum absolute atomic E-state index is 0.175. The van der Waals surface area contributed by atoms with E-state index in [0.29, 0.717) is 11.2 Å². The maximum Gasteiger partial charge on any atom is 0.259 e. The molecular formula is C17H16N4O. The number of aryl methyl sites for hydroxylation is 2. The van der Waals surface area contributed by atoms with Gasteiger partial charge in [0.05, 0.1) is 5.56 Å². The third-order valence-electron chi connectivity index (χ3n) is 3.49. The van der Waals surface area contributed by atoms with Crippen LogP contribution in [0.1, 0.15) is 21.5 Å². The summed E-state index contributed by atoms with van der Waals surface area (Å²) in [6, 6.07) is 11.2. The summed E-state index contributed by atoms with van der Waals surface area (Å²) >= 11 is 0. The molecule has 0 spiro atoms. The van der Waals surface area contributed by atoms with Gasteiger partial charge in [0.1, 0.15) is 5.82 Å². The highest BCUT2D eigenvalue weighted by Crippen LogP contribution is 2.20. The molecule has 0 unspecified atom stereocenters. The first kappa shape index (κ1) is 14.0. The Morgan fingerprint density at radius 2 is 2.00 bits per heavy atom. The third kappa shape index (κ3) is 2.61. The molecule has 0 aliphatic heterocycles. The van der Waals surface area contributed by atoms with Gasteiger partial charge in [-0.25, -0.2) is 9.97 Å². The number of amides is 1. The number of nitrogens with two attached hydrogens (primary N) is 1. The largest absolute Gasteiger partial charge is 0.383 e. The second-order valence-electron chi connectivity index (χ2n) is 5.24. The number of carbonyl (C=O) groups is 1. The van der Waals surface area contributed by atoms with Crippen LogP contribution in [0.25, 0.3) is 11.0 Å². The standard InChI is InChI=1S/C17H16N4O/c1-10-5-6-14(11(2)8-10)20-17(22)13-9-12-4-3-7-19-16(12)21-15(13)18/h3-9H,1-2H3,(H,20,22)(H2,18,19,21). The number of nitrogens with zero attached hydrogens (tertiary/aromatic N) is 2. The van der Waals surface area contributed by atoms with Crippen molar-refractivity contribution in [3.63, 3.8) is 0 Å². The lowest BCUT2D eigenvalue weighted by Crippen LogP contribution is -2.15. The van der Waals surface area contributed by atoms with E-state index in [1.165, 1.54) is 0 Å². The van der Waals surface area contributed by atoms with Crippen LogP contribution in [-0.4, -0.2) is 15.9 Å². The maximum atomic E-state index is 12.5. The van der Waals surface area contributed by atoms with Crippen molar-refractivity contribution in [3.05, 3.63) is 59.3 Å². The molecule has 0 aliphatic carbocycles. The van der Waals surface area contributed by atoms with E-state index in [1.807, 2.05) is 38.1 Å². The fourth-order valence-corrected chi connectivity index (χ4v) is 2.34. The molecule has 0 radical (unpaired) electrons. The van der Waals surface area contributed by atoms with Gasteiger partial charge in [-0.2, -0.15) is 0 Å². The third-order valence-corrected chi connectivity index (χ3v) is 3.49. The van der Waals surface area contributed by atoms with Gasteiger partial charge in [0.25, 0.3) is 5.91 Å². The van der Waals surface area contributed by atoms with Crippen LogP contribution in [0.2, 0.25) is 0 Å². The van der Waals surface area contributed by atoms with Gasteiger partial charge in [-0.1, -0.05) is 17.7 Å². The Kier molecular flexibility index (Phi) is 3.47. The van der Waals surface area contributed by atoms with Crippen LogP contribution in [0.5, 0.6) is 0 Å². The zero-order valence-electron chi connectivity index (χ0n) is 12.4. The van der Waals surface area contributed by atoms with E-state index in [4.69, 9.17) is 5.73 Å². The van der Waals surface area contributed by atoms with Gasteiger partial charge in [0, 0.05) is 17.3 Å². The molecule has 3 rings (SSSR count). The number of rotatable bonds is 2. The highest BCUT2D eigenvalue weighted by Gasteiger charge is 2.14. The van der Waals surface area contributed by atoms with Gasteiger partial charge >= 0.3 is 0 Å². The number of aromatic nitrogens is 2. The summed E-state index contributed by atoms with van der Waals surface area (Å²) in [5, 5.41) is 3.66. The van der Waals surface area contributed by atoms with Gasteiger partial charge in [0.15, 0.2) is 5.65 Å². The summed E-state index contributed by atoms with van der Waals surface area (Å²) in [5.74, 6) is -0.101. The number of anilines is 2. The summed E-state index contributed by atoms with van der Waals surface area (Å²) in [7, 11) is 0. The summed E-state index contributed by atoms with van der Waals surface area (Å²) in [6.45, 7) is 3.96. The van der Waals surface area contributed by atoms with Crippen LogP contribution in [0.15, 0.2) is 42.6 Å². The van der Waals surface area contributed by atoms with Gasteiger partial charge < -0.3 is 11.1 Å². The smallest absolute Gasteiger partial charge is 0.259 e. The minimum atomic E-state index is -0.275. The second-order valence-corrected chi connectivity index (χ2v) is 5.24. The fourth-order valence-electron chi connectivity index (χ4n) is 2.34. The van der Waals surface area contributed by atoms with Crippen molar-refractivity contribution in [1.82, 2.24) is 9.97 Å². The molecule has 2 heterocycles. The van der Waals surface area contributed by atoms with E-state index in [-0.39, 0.29) is 11.7 Å². The van der Waals surface area contributed by atoms with Crippen molar-refractivity contribution in [3.8, 4) is 0 Å². The molecule has 0 saturated carbocycles. The quantitative estimate of drug-likeness (QED) is 0.760. The number of pyridine rings is 2. The number of nitrogen functional groups attached to an aromatic ring is 1. The molecule has 1 aromatic carbocycles. The Labute approximate surface area is 128 Å². The molecule has 0 bridgehead atoms. The van der Waals surface area contributed by atoms with Crippen LogP contribution in [0, 0.1) is 13.8 Å². The van der Waals surface area contributed by atoms with E-state index >= 15 is 0 Å². The fraction of sp³-hybridized carbons (Fsp3) is 0.118. The number of hydrogen-bond acceptors (Lipinski definition) is 4. The molecule has 3 aromatic rings. The van der Waals surface area contributed by atoms with Crippen molar-refractivity contribution in [1.29, 1.82) is 0 Å². The molecule has 0 atom stereocenters. The lowest BCUT2D eigenvalue weighted by molar-refractivity contribution is 0.102. The topological polar surface area (TPSA) is 80.9 Å². The van der Waals surface area contributed by atoms with Gasteiger partial charge in [-0.05, 0) is 43.7 Å². The van der Waals surface area contributed by atoms with Crippen LogP contribution < -0.4 is 11.1 Å². The van der Waals surface area contributed by atoms with Crippen LogP contribution in [0.4, 0.5) is 11.5 Å². The first-order chi connectivity index (χ1) is 10.5. The van der Waals surface area contributed by atoms with Gasteiger partial charge in [-0.3, -0.25) is 4.79 Å². The van der Waals surface area contributed by atoms with Crippen molar-refractivity contribution in [2.24, 2.45) is 0 Å². The van der Waals surface area contributed by atoms with Crippen molar-refractivity contribution in [2.45, 2.75) is 13.8 Å². The predicted octanol–water partition coefficient (Wildman–Crippen LogP) is 3.08. The zero-order chi connectivity index (χ0) is 15.7. The Morgan fingerprint density at radius 1 is 1.18 bits per heavy atom. The van der Waals surface area contributed by atoms with Crippen molar-refractivity contribution in [2.75, 3.05) is 11.1 Å². The monoisotopic (exact) mass is 292 g/mol. The highest BCUT2D eigenvalue weighted by molar-refractivity contribution is 6.09. The minimum Gasteiger partial charge on any atom is -0.383 e. The van der Waals surface area contributed by atoms with E-state index in [0.717, 1.165) is 22.2 Å². The summed E-state index contributed by atoms with van der Waals surface area (Å²) in [4.78, 5) is 20.8. The molecule has 110 valence electrons. The molecule has 1 amide bonds. The normalized spacial score (nSPS) is 10.6. The molecule has 0 aliphatic rings. The summed E-state index contributed by atoms with van der Waals surface area (Å²) in [5.41, 5.74) is 9.68. The molecular weight excluding hydrogens is 276 g/mol. The number of carbonyl (C=O) groups excluding carboxylic acids is 1. The highest BCUT2D eigenvalue weighted by atomic mass is 16.1. The average molecular weight is 292 g/mol. The summed E-state index contributed by atoms with van der Waals surface area (Å²) in [6.07, 6.45) is 1.64. The number of benzene rings is 1. The number of nitrogens with one attached hydrogen (secondary N) is 1. The van der Waals surface area contributed by atoms with E-state index in [2.05, 4.69) is 15.3 Å². The van der Waals surface area contributed by atoms with E-state index < -0.39 is 0 Å². The van der Waals surface area contributed by atoms with E-state index in [9.17, 15) is 4.79 Å². The Bertz CT molecular complexity index is 874. The molecule has 22 heavy (non-hydrogen) atoms. The number of hydrogen-bond donors (Lipinski definition) is 2. The molecule has 5 nitrogen and oxygen atoms in total. The lowest BCUT2D eigenvalue weighted by atomic mass is 10.1. The Balaban J connectivity index is 1.96. The molecule has 2 aromatic heterocycles. The summed E-state index contributed by atoms with van der Waals surface area (Å²) < 4.78 is 0. The zero-order valence-corrected chi connectivity index (χ0v) is 12.4. The van der Waals surface area contributed by atoms with Crippen molar-refractivity contribution < 1.29 is 4.79 Å². The first-order valence-electron chi connectivity index (χ1n) is 6.94. The lowest BCUT2D eigenvalue weighted by Gasteiger charge is -2.10. The second kappa shape index (κ2) is 5.44. The van der Waals surface area contributed by atoms with Crippen molar-refractivity contribution >= 4 is 28.4 Å². The van der Waals surface area contributed by atoms with Crippen LogP contribution >= 0.6 is 0 Å². The Morgan fingerprint density at radius 3 is 2.77 bits per heavy atom. The van der Waals surface area contributed by atoms with Crippen LogP contribution in [0.3, 0.4) is 0 Å². The Hall–Kier alpha value is -2.95. The van der Waals surface area contributed by atoms with Gasteiger partial charge in [-0.15, -0.1) is 0 Å².